The first-order chi connectivity index (χ1) is 7.13. The highest BCUT2D eigenvalue weighted by Gasteiger charge is 2.09. The molecule has 1 aromatic heterocycles. The van der Waals surface area contributed by atoms with Crippen LogP contribution in [0.2, 0.25) is 0 Å². The second-order valence-corrected chi connectivity index (χ2v) is 5.83. The van der Waals surface area contributed by atoms with Crippen LogP contribution in [-0.2, 0) is 5.75 Å². The van der Waals surface area contributed by atoms with E-state index in [1.165, 1.54) is 11.3 Å². The van der Waals surface area contributed by atoms with E-state index in [0.29, 0.717) is 11.6 Å². The molecule has 0 amide bonds. The Kier molecular flexibility index (Phi) is 5.64. The summed E-state index contributed by atoms with van der Waals surface area (Å²) >= 11 is 8.84. The molecule has 0 N–H and O–H groups in total. The fourth-order valence-electron chi connectivity index (χ4n) is 0.956. The fraction of sp³-hybridized carbons (Fsp3) is 0.600. The number of halogens is 1. The summed E-state index contributed by atoms with van der Waals surface area (Å²) in [5.74, 6) is 2.63. The number of nitrogens with zero attached hydrogens (tertiary/aromatic N) is 1. The van der Waals surface area contributed by atoms with Crippen molar-refractivity contribution in [1.29, 1.82) is 0 Å². The maximum Gasteiger partial charge on any atom is 0.196 e. The molecule has 0 bridgehead atoms. The summed E-state index contributed by atoms with van der Waals surface area (Å²) < 4.78 is 0. The number of ketones is 1. The molecule has 0 unspecified atom stereocenters. The first-order valence-electron chi connectivity index (χ1n) is 4.74. The molecule has 2 nitrogen and oxygen atoms in total. The Morgan fingerprint density at radius 2 is 2.40 bits per heavy atom. The molecule has 1 heterocycles. The fourth-order valence-corrected chi connectivity index (χ4v) is 3.03. The zero-order valence-corrected chi connectivity index (χ0v) is 11.2. The Bertz CT molecular complexity index is 325. The zero-order valence-electron chi connectivity index (χ0n) is 8.83. The van der Waals surface area contributed by atoms with Crippen LogP contribution in [0.5, 0.6) is 0 Å². The number of carbonyl (C=O) groups excluding carboxylic acids is 1. The van der Waals surface area contributed by atoms with Crippen molar-refractivity contribution in [3.63, 3.8) is 0 Å². The quantitative estimate of drug-likeness (QED) is 0.582. The number of aromatic nitrogens is 1. The van der Waals surface area contributed by atoms with Crippen LogP contribution in [0.15, 0.2) is 5.38 Å². The van der Waals surface area contributed by atoms with E-state index in [2.05, 4.69) is 18.8 Å². The molecular weight excluding hydrogens is 250 g/mol. The highest BCUT2D eigenvalue weighted by molar-refractivity contribution is 7.98. The second-order valence-electron chi connectivity index (χ2n) is 3.59. The van der Waals surface area contributed by atoms with E-state index in [0.717, 1.165) is 16.5 Å². The highest BCUT2D eigenvalue weighted by Crippen LogP contribution is 2.19. The first-order valence-corrected chi connectivity index (χ1v) is 7.31. The topological polar surface area (TPSA) is 30.0 Å². The molecule has 0 aliphatic rings. The summed E-state index contributed by atoms with van der Waals surface area (Å²) in [6.45, 7) is 4.38. The molecule has 0 aliphatic carbocycles. The van der Waals surface area contributed by atoms with Gasteiger partial charge in [0.15, 0.2) is 5.78 Å². The Hall–Kier alpha value is -0.0600. The lowest BCUT2D eigenvalue weighted by Crippen LogP contribution is -2.00. The molecule has 84 valence electrons. The number of hydrogen-bond acceptors (Lipinski definition) is 4. The molecule has 0 saturated carbocycles. The molecule has 0 aromatic carbocycles. The van der Waals surface area contributed by atoms with E-state index >= 15 is 0 Å². The smallest absolute Gasteiger partial charge is 0.196 e. The van der Waals surface area contributed by atoms with Crippen LogP contribution in [0.3, 0.4) is 0 Å². The van der Waals surface area contributed by atoms with Gasteiger partial charge >= 0.3 is 0 Å². The molecule has 0 fully saturated rings. The SMILES string of the molecule is CC(C)CSCc1nc(C(=O)CCl)cs1. The minimum atomic E-state index is -0.0898. The van der Waals surface area contributed by atoms with Crippen molar-refractivity contribution >= 4 is 40.5 Å². The predicted octanol–water partition coefficient (Wildman–Crippen LogP) is 3.45. The van der Waals surface area contributed by atoms with Crippen molar-refractivity contribution < 1.29 is 4.79 Å². The van der Waals surface area contributed by atoms with Crippen LogP contribution in [0.4, 0.5) is 0 Å². The third-order valence-corrected chi connectivity index (χ3v) is 4.29. The number of carbonyl (C=O) groups is 1. The maximum absolute atomic E-state index is 11.2. The first kappa shape index (κ1) is 13.0. The molecule has 1 rings (SSSR count). The molecule has 1 aromatic rings. The van der Waals surface area contributed by atoms with Crippen LogP contribution in [-0.4, -0.2) is 22.4 Å². The molecule has 0 radical (unpaired) electrons. The Morgan fingerprint density at radius 3 is 3.00 bits per heavy atom. The average molecular weight is 264 g/mol. The third kappa shape index (κ3) is 4.53. The Balaban J connectivity index is 2.43. The van der Waals surface area contributed by atoms with Crippen LogP contribution in [0.25, 0.3) is 0 Å². The largest absolute Gasteiger partial charge is 0.291 e. The van der Waals surface area contributed by atoms with Gasteiger partial charge < -0.3 is 0 Å². The monoisotopic (exact) mass is 263 g/mol. The van der Waals surface area contributed by atoms with Gasteiger partial charge in [0.2, 0.25) is 0 Å². The van der Waals surface area contributed by atoms with Crippen molar-refractivity contribution in [2.24, 2.45) is 5.92 Å². The minimum absolute atomic E-state index is 0.0162. The highest BCUT2D eigenvalue weighted by atomic mass is 35.5. The zero-order chi connectivity index (χ0) is 11.3. The lowest BCUT2D eigenvalue weighted by atomic mass is 10.3. The lowest BCUT2D eigenvalue weighted by Gasteiger charge is -2.01. The molecule has 0 saturated heterocycles. The Morgan fingerprint density at radius 1 is 1.67 bits per heavy atom. The van der Waals surface area contributed by atoms with E-state index in [4.69, 9.17) is 11.6 Å². The average Bonchev–Trinajstić information content (AvgIpc) is 2.65. The van der Waals surface area contributed by atoms with Gasteiger partial charge in [0, 0.05) is 11.1 Å². The van der Waals surface area contributed by atoms with Crippen molar-refractivity contribution in [3.05, 3.63) is 16.1 Å². The number of thiazole rings is 1. The summed E-state index contributed by atoms with van der Waals surface area (Å²) in [6, 6.07) is 0. The molecule has 5 heteroatoms. The number of hydrogen-bond donors (Lipinski definition) is 0. The maximum atomic E-state index is 11.2. The second kappa shape index (κ2) is 6.51. The summed E-state index contributed by atoms with van der Waals surface area (Å²) in [4.78, 5) is 15.5. The standard InChI is InChI=1S/C10H14ClNOS2/c1-7(2)4-14-6-10-12-8(5-15-10)9(13)3-11/h5,7H,3-4,6H2,1-2H3. The molecule has 0 aliphatic heterocycles. The molecule has 0 spiro atoms. The number of Topliss-reactive ketones (excluding diaryl/α,β-unsaturated/α-hetero) is 1. The summed E-state index contributed by atoms with van der Waals surface area (Å²) in [5, 5.41) is 2.80. The van der Waals surface area contributed by atoms with Crippen LogP contribution >= 0.6 is 34.7 Å². The predicted molar refractivity (Wildman–Crippen MR) is 68.2 cm³/mol. The van der Waals surface area contributed by atoms with Crippen LogP contribution < -0.4 is 0 Å². The van der Waals surface area contributed by atoms with Gasteiger partial charge in [-0.3, -0.25) is 4.79 Å². The Labute approximate surface area is 103 Å². The lowest BCUT2D eigenvalue weighted by molar-refractivity contribution is 0.101. The van der Waals surface area contributed by atoms with Gasteiger partial charge in [-0.25, -0.2) is 4.98 Å². The van der Waals surface area contributed by atoms with Gasteiger partial charge in [0.05, 0.1) is 5.88 Å². The summed E-state index contributed by atoms with van der Waals surface area (Å²) in [7, 11) is 0. The van der Waals surface area contributed by atoms with Crippen LogP contribution in [0.1, 0.15) is 29.3 Å². The van der Waals surface area contributed by atoms with Crippen molar-refractivity contribution in [3.8, 4) is 0 Å². The van der Waals surface area contributed by atoms with E-state index < -0.39 is 0 Å². The van der Waals surface area contributed by atoms with Gasteiger partial charge in [-0.05, 0) is 11.7 Å². The van der Waals surface area contributed by atoms with E-state index in [-0.39, 0.29) is 11.7 Å². The number of thioether (sulfide) groups is 1. The van der Waals surface area contributed by atoms with Gasteiger partial charge in [-0.1, -0.05) is 13.8 Å². The third-order valence-electron chi connectivity index (χ3n) is 1.64. The van der Waals surface area contributed by atoms with Gasteiger partial charge in [0.1, 0.15) is 10.7 Å². The van der Waals surface area contributed by atoms with Gasteiger partial charge in [-0.2, -0.15) is 11.8 Å². The normalized spacial score (nSPS) is 10.9. The summed E-state index contributed by atoms with van der Waals surface area (Å²) in [5.41, 5.74) is 0.509. The van der Waals surface area contributed by atoms with E-state index in [1.807, 2.05) is 11.8 Å². The number of rotatable bonds is 6. The van der Waals surface area contributed by atoms with Gasteiger partial charge in [0.25, 0.3) is 0 Å². The molecule has 15 heavy (non-hydrogen) atoms. The van der Waals surface area contributed by atoms with E-state index in [9.17, 15) is 4.79 Å². The van der Waals surface area contributed by atoms with Crippen LogP contribution in [0, 0.1) is 5.92 Å². The van der Waals surface area contributed by atoms with Crippen molar-refractivity contribution in [2.45, 2.75) is 19.6 Å². The van der Waals surface area contributed by atoms with Gasteiger partial charge in [-0.15, -0.1) is 22.9 Å². The van der Waals surface area contributed by atoms with Crippen molar-refractivity contribution in [2.75, 3.05) is 11.6 Å². The molecule has 0 atom stereocenters. The van der Waals surface area contributed by atoms with E-state index in [1.54, 1.807) is 5.38 Å². The van der Waals surface area contributed by atoms with Crippen molar-refractivity contribution in [1.82, 2.24) is 4.98 Å². The minimum Gasteiger partial charge on any atom is -0.291 e. The molecular formula is C10H14ClNOS2. The number of alkyl halides is 1. The summed E-state index contributed by atoms with van der Waals surface area (Å²) in [6.07, 6.45) is 0.